The van der Waals surface area contributed by atoms with Gasteiger partial charge in [0, 0.05) is 17.0 Å². The number of nitrogens with one attached hydrogen (secondary N) is 2. The molecule has 3 N–H and O–H groups in total. The fourth-order valence-corrected chi connectivity index (χ4v) is 6.21. The fourth-order valence-electron chi connectivity index (χ4n) is 4.90. The molecule has 8 heteroatoms. The molecule has 1 heterocycles. The molecule has 3 rings (SSSR count). The van der Waals surface area contributed by atoms with Gasteiger partial charge >= 0.3 is 0 Å². The number of hydrogen-bond acceptors (Lipinski definition) is 5. The molecule has 3 fully saturated rings. The average Bonchev–Trinajstić information content (AvgIpc) is 2.86. The molecule has 1 saturated heterocycles. The first kappa shape index (κ1) is 17.8. The van der Waals surface area contributed by atoms with Crippen LogP contribution >= 0.6 is 0 Å². The van der Waals surface area contributed by atoms with Gasteiger partial charge < -0.3 is 5.32 Å². The predicted molar refractivity (Wildman–Crippen MR) is 91.1 cm³/mol. The van der Waals surface area contributed by atoms with Crippen LogP contribution in [0.2, 0.25) is 0 Å². The first-order chi connectivity index (χ1) is 11.2. The highest BCUT2D eigenvalue weighted by Gasteiger charge is 2.64. The van der Waals surface area contributed by atoms with Crippen LogP contribution in [-0.4, -0.2) is 43.4 Å². The zero-order valence-corrected chi connectivity index (χ0v) is 15.2. The Bertz CT molecular complexity index is 652. The third-order valence-electron chi connectivity index (χ3n) is 6.61. The lowest BCUT2D eigenvalue weighted by atomic mass is 9.70. The largest absolute Gasteiger partial charge is 0.317 e. The van der Waals surface area contributed by atoms with Crippen LogP contribution in [0.4, 0.5) is 0 Å². The van der Waals surface area contributed by atoms with Crippen LogP contribution in [0.15, 0.2) is 5.10 Å². The van der Waals surface area contributed by atoms with Gasteiger partial charge in [0.15, 0.2) is 0 Å². The van der Waals surface area contributed by atoms with Crippen LogP contribution in [0.25, 0.3) is 0 Å². The van der Waals surface area contributed by atoms with Crippen molar-refractivity contribution in [2.45, 2.75) is 46.0 Å². The van der Waals surface area contributed by atoms with Crippen molar-refractivity contribution in [2.75, 3.05) is 18.8 Å². The zero-order valence-electron chi connectivity index (χ0n) is 14.3. The van der Waals surface area contributed by atoms with E-state index in [4.69, 9.17) is 0 Å². The molecule has 0 radical (unpaired) electrons. The third-order valence-corrected chi connectivity index (χ3v) is 7.46. The second-order valence-electron chi connectivity index (χ2n) is 8.03. The van der Waals surface area contributed by atoms with E-state index in [2.05, 4.69) is 15.8 Å². The van der Waals surface area contributed by atoms with Crippen molar-refractivity contribution < 1.29 is 17.8 Å². The van der Waals surface area contributed by atoms with E-state index < -0.39 is 15.5 Å². The molecule has 2 aliphatic carbocycles. The second kappa shape index (κ2) is 6.07. The number of piperidine rings is 1. The molecule has 2 bridgehead atoms. The van der Waals surface area contributed by atoms with Crippen molar-refractivity contribution in [3.63, 3.8) is 0 Å². The molecule has 7 nitrogen and oxygen atoms in total. The van der Waals surface area contributed by atoms with E-state index in [-0.39, 0.29) is 23.0 Å². The Morgan fingerprint density at radius 3 is 2.58 bits per heavy atom. The lowest BCUT2D eigenvalue weighted by Crippen LogP contribution is -2.43. The molecule has 24 heavy (non-hydrogen) atoms. The molecule has 0 spiro atoms. The standard InChI is InChI=1S/C16H27N3O4S/c1-15(2)12-3-6-16(15,10-24(21,22)23)13(9-12)18-19-14(20)11-4-7-17-8-5-11/h11-12,17H,3-10H2,1-2H3,(H,19,20)(H,21,22,23)/b18-13-/t12-,16-/m1/s1. The van der Waals surface area contributed by atoms with Crippen molar-refractivity contribution in [1.82, 2.24) is 10.7 Å². The quantitative estimate of drug-likeness (QED) is 0.517. The van der Waals surface area contributed by atoms with E-state index in [0.29, 0.717) is 18.8 Å². The summed E-state index contributed by atoms with van der Waals surface area (Å²) in [4.78, 5) is 12.3. The normalized spacial score (nSPS) is 34.6. The molecule has 0 unspecified atom stereocenters. The summed E-state index contributed by atoms with van der Waals surface area (Å²) in [5.74, 6) is -0.106. The van der Waals surface area contributed by atoms with Crippen molar-refractivity contribution >= 4 is 21.7 Å². The van der Waals surface area contributed by atoms with Crippen molar-refractivity contribution in [3.8, 4) is 0 Å². The van der Waals surface area contributed by atoms with Gasteiger partial charge in [0.1, 0.15) is 0 Å². The van der Waals surface area contributed by atoms with Gasteiger partial charge in [0.25, 0.3) is 10.1 Å². The molecular formula is C16H27N3O4S. The maximum absolute atomic E-state index is 12.3. The van der Waals surface area contributed by atoms with Gasteiger partial charge in [-0.3, -0.25) is 9.35 Å². The van der Waals surface area contributed by atoms with Crippen LogP contribution in [0.5, 0.6) is 0 Å². The molecule has 0 aromatic heterocycles. The maximum Gasteiger partial charge on any atom is 0.265 e. The average molecular weight is 357 g/mol. The van der Waals surface area contributed by atoms with Crippen LogP contribution in [0.3, 0.4) is 0 Å². The second-order valence-corrected chi connectivity index (χ2v) is 9.48. The Labute approximate surface area is 143 Å². The minimum atomic E-state index is -4.12. The van der Waals surface area contributed by atoms with Crippen LogP contribution in [0.1, 0.15) is 46.0 Å². The number of carbonyl (C=O) groups is 1. The van der Waals surface area contributed by atoms with Crippen molar-refractivity contribution in [2.24, 2.45) is 27.8 Å². The minimum Gasteiger partial charge on any atom is -0.317 e. The van der Waals surface area contributed by atoms with Gasteiger partial charge in [-0.25, -0.2) is 5.43 Å². The summed E-state index contributed by atoms with van der Waals surface area (Å²) < 4.78 is 32.6. The summed E-state index contributed by atoms with van der Waals surface area (Å²) in [5.41, 5.74) is 2.48. The van der Waals surface area contributed by atoms with Gasteiger partial charge in [-0.1, -0.05) is 13.8 Å². The Morgan fingerprint density at radius 1 is 1.33 bits per heavy atom. The number of hydrogen-bond donors (Lipinski definition) is 3. The molecule has 1 aliphatic heterocycles. The molecule has 2 saturated carbocycles. The summed E-state index contributed by atoms with van der Waals surface area (Å²) in [6.45, 7) is 5.76. The SMILES string of the molecule is CC1(C)[C@@H]2CC[C@@]1(CS(=O)(=O)O)/C(=N\NC(=O)C1CCNCC1)C2. The number of fused-ring (bicyclic) bond motifs is 2. The molecule has 1 amide bonds. The molecule has 2 atom stereocenters. The monoisotopic (exact) mass is 357 g/mol. The topological polar surface area (TPSA) is 108 Å². The van der Waals surface area contributed by atoms with E-state index in [9.17, 15) is 17.8 Å². The molecule has 3 aliphatic rings. The van der Waals surface area contributed by atoms with E-state index in [1.165, 1.54) is 0 Å². The Balaban J connectivity index is 1.80. The fraction of sp³-hybridized carbons (Fsp3) is 0.875. The van der Waals surface area contributed by atoms with Gasteiger partial charge in [0.05, 0.1) is 5.75 Å². The first-order valence-electron chi connectivity index (χ1n) is 8.68. The molecule has 136 valence electrons. The van der Waals surface area contributed by atoms with Crippen molar-refractivity contribution in [1.29, 1.82) is 0 Å². The van der Waals surface area contributed by atoms with E-state index in [1.54, 1.807) is 0 Å². The van der Waals surface area contributed by atoms with Crippen LogP contribution in [-0.2, 0) is 14.9 Å². The summed E-state index contributed by atoms with van der Waals surface area (Å²) in [6, 6.07) is 0. The number of nitrogens with zero attached hydrogens (tertiary/aromatic N) is 1. The van der Waals surface area contributed by atoms with Gasteiger partial charge in [-0.05, 0) is 56.5 Å². The van der Waals surface area contributed by atoms with Crippen LogP contribution in [0, 0.1) is 22.7 Å². The number of carbonyl (C=O) groups excluding carboxylic acids is 1. The third kappa shape index (κ3) is 2.99. The summed E-state index contributed by atoms with van der Waals surface area (Å²) in [7, 11) is -4.12. The highest BCUT2D eigenvalue weighted by Crippen LogP contribution is 2.64. The summed E-state index contributed by atoms with van der Waals surface area (Å²) >= 11 is 0. The van der Waals surface area contributed by atoms with E-state index >= 15 is 0 Å². The Hall–Kier alpha value is -0.990. The highest BCUT2D eigenvalue weighted by molar-refractivity contribution is 7.85. The van der Waals surface area contributed by atoms with Crippen molar-refractivity contribution in [3.05, 3.63) is 0 Å². The number of amides is 1. The number of rotatable bonds is 4. The highest BCUT2D eigenvalue weighted by atomic mass is 32.2. The smallest absolute Gasteiger partial charge is 0.265 e. The lowest BCUT2D eigenvalue weighted by molar-refractivity contribution is -0.125. The summed E-state index contributed by atoms with van der Waals surface area (Å²) in [5, 5.41) is 7.58. The molecular weight excluding hydrogens is 330 g/mol. The lowest BCUT2D eigenvalue weighted by Gasteiger charge is -2.37. The predicted octanol–water partition coefficient (Wildman–Crippen LogP) is 1.17. The maximum atomic E-state index is 12.3. The Morgan fingerprint density at radius 2 is 2.00 bits per heavy atom. The summed E-state index contributed by atoms with van der Waals surface area (Å²) in [6.07, 6.45) is 3.90. The van der Waals surface area contributed by atoms with Gasteiger partial charge in [-0.15, -0.1) is 0 Å². The zero-order chi connectivity index (χ0) is 17.6. The Kier molecular flexibility index (Phi) is 4.51. The van der Waals surface area contributed by atoms with Gasteiger partial charge in [0.2, 0.25) is 5.91 Å². The number of hydrazone groups is 1. The molecule has 0 aromatic carbocycles. The van der Waals surface area contributed by atoms with E-state index in [1.807, 2.05) is 13.8 Å². The van der Waals surface area contributed by atoms with Crippen LogP contribution < -0.4 is 10.7 Å². The minimum absolute atomic E-state index is 0.0419. The first-order valence-corrected chi connectivity index (χ1v) is 10.3. The van der Waals surface area contributed by atoms with E-state index in [0.717, 1.165) is 38.1 Å². The van der Waals surface area contributed by atoms with Gasteiger partial charge in [-0.2, -0.15) is 13.5 Å². The molecule has 0 aromatic rings.